The Morgan fingerprint density at radius 1 is 0.615 bits per heavy atom. The van der Waals surface area contributed by atoms with Crippen molar-refractivity contribution in [2.24, 2.45) is 5.73 Å². The lowest BCUT2D eigenvalue weighted by atomic mass is 10.0. The van der Waals surface area contributed by atoms with Crippen LogP contribution in [-0.2, 0) is 37.5 Å². The molecule has 0 saturated heterocycles. The lowest BCUT2D eigenvalue weighted by molar-refractivity contribution is -0.161. The van der Waals surface area contributed by atoms with E-state index in [2.05, 4.69) is 67.0 Å². The number of rotatable bonds is 36. The number of esters is 2. The molecule has 11 nitrogen and oxygen atoms in total. The third kappa shape index (κ3) is 34.5. The van der Waals surface area contributed by atoms with Crippen molar-refractivity contribution in [2.45, 2.75) is 167 Å². The molecule has 4 N–H and O–H groups in total. The lowest BCUT2D eigenvalue weighted by Crippen LogP contribution is -2.34. The molecule has 0 spiro atoms. The number of carbonyl (C=O) groups excluding carboxylic acids is 2. The van der Waals surface area contributed by atoms with Crippen molar-refractivity contribution in [3.63, 3.8) is 0 Å². The summed E-state index contributed by atoms with van der Waals surface area (Å²) in [6.07, 6.45) is 38.1. The lowest BCUT2D eigenvalue weighted by Gasteiger charge is -2.20. The van der Waals surface area contributed by atoms with Gasteiger partial charge in [0.2, 0.25) is 0 Å². The molecule has 0 saturated carbocycles. The van der Waals surface area contributed by atoms with Gasteiger partial charge in [0.25, 0.3) is 0 Å². The van der Waals surface area contributed by atoms with Crippen LogP contribution < -0.4 is 5.73 Å². The molecule has 0 fully saturated rings. The highest BCUT2D eigenvalue weighted by Crippen LogP contribution is 2.43. The van der Waals surface area contributed by atoms with Crippen molar-refractivity contribution in [1.82, 2.24) is 0 Å². The molecule has 0 heterocycles. The Balaban J connectivity index is 4.17. The molecular weight excluding hydrogens is 685 g/mol. The Bertz CT molecular complexity index is 1070. The molecule has 0 aromatic heterocycles. The minimum absolute atomic E-state index is 0.155. The van der Waals surface area contributed by atoms with Gasteiger partial charge in [0.1, 0.15) is 12.6 Å². The summed E-state index contributed by atoms with van der Waals surface area (Å²) in [4.78, 5) is 45.5. The van der Waals surface area contributed by atoms with E-state index in [1.54, 1.807) is 0 Å². The van der Waals surface area contributed by atoms with E-state index in [1.807, 2.05) is 0 Å². The Kier molecular flexibility index (Phi) is 33.7. The van der Waals surface area contributed by atoms with Gasteiger partial charge in [-0.3, -0.25) is 23.4 Å². The number of carboxylic acid groups (broad SMARTS) is 1. The summed E-state index contributed by atoms with van der Waals surface area (Å²) < 4.78 is 32.4. The van der Waals surface area contributed by atoms with Crippen LogP contribution in [0.4, 0.5) is 0 Å². The Morgan fingerprint density at radius 3 is 1.62 bits per heavy atom. The zero-order chi connectivity index (χ0) is 38.5. The van der Waals surface area contributed by atoms with E-state index in [1.165, 1.54) is 38.5 Å². The van der Waals surface area contributed by atoms with Gasteiger partial charge in [-0.05, 0) is 51.4 Å². The smallest absolute Gasteiger partial charge is 0.472 e. The molecule has 12 heteroatoms. The maximum Gasteiger partial charge on any atom is 0.472 e. The third-order valence-electron chi connectivity index (χ3n) is 8.09. The summed E-state index contributed by atoms with van der Waals surface area (Å²) in [6.45, 7) is 2.56. The second-order valence-corrected chi connectivity index (χ2v) is 14.5. The van der Waals surface area contributed by atoms with E-state index in [9.17, 15) is 23.8 Å². The molecule has 0 rings (SSSR count). The van der Waals surface area contributed by atoms with E-state index in [0.29, 0.717) is 12.8 Å². The fourth-order valence-electron chi connectivity index (χ4n) is 5.00. The number of nitrogens with two attached hydrogens (primary N) is 1. The minimum Gasteiger partial charge on any atom is -0.480 e. The van der Waals surface area contributed by atoms with Crippen LogP contribution in [0, 0.1) is 0 Å². The van der Waals surface area contributed by atoms with Gasteiger partial charge < -0.3 is 25.2 Å². The number of unbranched alkanes of at least 4 members (excludes halogenated alkanes) is 14. The van der Waals surface area contributed by atoms with Crippen LogP contribution in [0.5, 0.6) is 0 Å². The number of carbonyl (C=O) groups is 3. The van der Waals surface area contributed by atoms with E-state index < -0.39 is 51.1 Å². The molecule has 52 heavy (non-hydrogen) atoms. The van der Waals surface area contributed by atoms with Crippen molar-refractivity contribution in [3.05, 3.63) is 48.6 Å². The van der Waals surface area contributed by atoms with Crippen LogP contribution in [0.25, 0.3) is 0 Å². The van der Waals surface area contributed by atoms with Crippen molar-refractivity contribution in [2.75, 3.05) is 19.8 Å². The summed E-state index contributed by atoms with van der Waals surface area (Å²) in [5, 5.41) is 8.83. The predicted molar refractivity (Wildman–Crippen MR) is 208 cm³/mol. The van der Waals surface area contributed by atoms with E-state index in [-0.39, 0.29) is 19.4 Å². The van der Waals surface area contributed by atoms with Crippen molar-refractivity contribution in [1.29, 1.82) is 0 Å². The minimum atomic E-state index is -4.70. The van der Waals surface area contributed by atoms with Crippen LogP contribution in [0.15, 0.2) is 48.6 Å². The van der Waals surface area contributed by atoms with Gasteiger partial charge in [0.05, 0.1) is 13.2 Å². The maximum atomic E-state index is 12.5. The second kappa shape index (κ2) is 35.5. The van der Waals surface area contributed by atoms with Gasteiger partial charge in [0.15, 0.2) is 6.10 Å². The molecule has 0 aliphatic heterocycles. The Labute approximate surface area is 314 Å². The molecule has 3 atom stereocenters. The summed E-state index contributed by atoms with van der Waals surface area (Å²) in [5.74, 6) is -2.40. The monoisotopic (exact) mass is 755 g/mol. The average Bonchev–Trinajstić information content (AvgIpc) is 3.11. The molecule has 0 aromatic rings. The van der Waals surface area contributed by atoms with Gasteiger partial charge in [-0.1, -0.05) is 140 Å². The SMILES string of the molecule is CC/C=C\C/C=C\C/C=C\C/C=C\CCCCCCCCCCCCC(=O)OC(COC(=O)CCCCCCC)COP(=O)(O)OCC(N)C(=O)O. The highest BCUT2D eigenvalue weighted by Gasteiger charge is 2.28. The molecule has 0 bridgehead atoms. The summed E-state index contributed by atoms with van der Waals surface area (Å²) in [7, 11) is -4.70. The first-order chi connectivity index (χ1) is 25.1. The van der Waals surface area contributed by atoms with Gasteiger partial charge in [0, 0.05) is 12.8 Å². The molecule has 0 amide bonds. The average molecular weight is 756 g/mol. The summed E-state index contributed by atoms with van der Waals surface area (Å²) >= 11 is 0. The predicted octanol–water partition coefficient (Wildman–Crippen LogP) is 9.83. The van der Waals surface area contributed by atoms with Gasteiger partial charge >= 0.3 is 25.7 Å². The first-order valence-corrected chi connectivity index (χ1v) is 21.2. The second-order valence-electron chi connectivity index (χ2n) is 13.0. The highest BCUT2D eigenvalue weighted by atomic mass is 31.2. The Morgan fingerprint density at radius 2 is 1.08 bits per heavy atom. The first-order valence-electron chi connectivity index (χ1n) is 19.7. The quantitative estimate of drug-likeness (QED) is 0.0241. The number of phosphoric ester groups is 1. The third-order valence-corrected chi connectivity index (χ3v) is 9.04. The van der Waals surface area contributed by atoms with Crippen LogP contribution in [0.2, 0.25) is 0 Å². The summed E-state index contributed by atoms with van der Waals surface area (Å²) in [5.41, 5.74) is 5.30. The largest absolute Gasteiger partial charge is 0.480 e. The van der Waals surface area contributed by atoms with Gasteiger partial charge in [-0.25, -0.2) is 4.57 Å². The van der Waals surface area contributed by atoms with Gasteiger partial charge in [-0.15, -0.1) is 0 Å². The van der Waals surface area contributed by atoms with Gasteiger partial charge in [-0.2, -0.15) is 0 Å². The number of hydrogen-bond donors (Lipinski definition) is 3. The molecular formula is C40H70NO10P. The van der Waals surface area contributed by atoms with E-state index >= 15 is 0 Å². The standard InChI is InChI=1S/C40H70NO10P/c1-3-5-7-9-10-11-12-13-14-15-16-17-18-19-20-21-22-23-24-25-26-28-30-32-39(43)51-36(33-48-38(42)31-29-27-8-6-4-2)34-49-52(46,47)50-35-37(41)40(44)45/h5,7,10-11,13-14,16-17,36-37H,3-4,6,8-9,12,15,18-35,41H2,1-2H3,(H,44,45)(H,46,47)/b7-5-,11-10-,14-13-,17-16-. The van der Waals surface area contributed by atoms with Crippen LogP contribution in [-0.4, -0.2) is 59.9 Å². The molecule has 0 radical (unpaired) electrons. The number of allylic oxidation sites excluding steroid dienone is 8. The van der Waals surface area contributed by atoms with E-state index in [4.69, 9.17) is 24.8 Å². The number of aliphatic carboxylic acids is 1. The maximum absolute atomic E-state index is 12.5. The molecule has 300 valence electrons. The zero-order valence-corrected chi connectivity index (χ0v) is 33.0. The number of carboxylic acids is 1. The highest BCUT2D eigenvalue weighted by molar-refractivity contribution is 7.47. The number of ether oxygens (including phenoxy) is 2. The normalized spacial score (nSPS) is 14.4. The van der Waals surface area contributed by atoms with Crippen molar-refractivity contribution >= 4 is 25.7 Å². The van der Waals surface area contributed by atoms with Crippen LogP contribution in [0.3, 0.4) is 0 Å². The molecule has 3 unspecified atom stereocenters. The number of hydrogen-bond acceptors (Lipinski definition) is 9. The van der Waals surface area contributed by atoms with Crippen molar-refractivity contribution < 1.29 is 47.5 Å². The van der Waals surface area contributed by atoms with Crippen LogP contribution in [0.1, 0.15) is 155 Å². The Hall–Kier alpha value is -2.56. The fourth-order valence-corrected chi connectivity index (χ4v) is 5.77. The molecule has 0 aliphatic carbocycles. The first kappa shape index (κ1) is 49.4. The number of phosphoric acid groups is 1. The van der Waals surface area contributed by atoms with Crippen molar-refractivity contribution in [3.8, 4) is 0 Å². The zero-order valence-electron chi connectivity index (χ0n) is 32.1. The topological polar surface area (TPSA) is 172 Å². The fraction of sp³-hybridized carbons (Fsp3) is 0.725. The van der Waals surface area contributed by atoms with E-state index in [0.717, 1.165) is 77.0 Å². The summed E-state index contributed by atoms with van der Waals surface area (Å²) in [6, 6.07) is -1.52. The molecule has 0 aromatic carbocycles. The molecule has 0 aliphatic rings. The van der Waals surface area contributed by atoms with Crippen LogP contribution >= 0.6 is 7.82 Å².